The van der Waals surface area contributed by atoms with Gasteiger partial charge in [0, 0.05) is 35.6 Å². The molecule has 4 heterocycles. The van der Waals surface area contributed by atoms with Gasteiger partial charge in [-0.3, -0.25) is 4.79 Å². The summed E-state index contributed by atoms with van der Waals surface area (Å²) in [5, 5.41) is 12.1. The molecule has 4 aromatic heterocycles. The lowest BCUT2D eigenvalue weighted by Crippen LogP contribution is -2.10. The van der Waals surface area contributed by atoms with Crippen molar-refractivity contribution in [2.45, 2.75) is 13.5 Å². The molecule has 8 nitrogen and oxygen atoms in total. The molecule has 10 heteroatoms. The van der Waals surface area contributed by atoms with E-state index in [-0.39, 0.29) is 11.6 Å². The van der Waals surface area contributed by atoms with E-state index in [2.05, 4.69) is 20.5 Å². The number of hydrogen-bond acceptors (Lipinski definition) is 5. The Morgan fingerprint density at radius 2 is 2.00 bits per heavy atom. The minimum absolute atomic E-state index is 0.0637. The van der Waals surface area contributed by atoms with Gasteiger partial charge >= 0.3 is 0 Å². The van der Waals surface area contributed by atoms with Crippen LogP contribution in [0.4, 0.5) is 10.2 Å². The third-order valence-electron chi connectivity index (χ3n) is 5.37. The normalized spacial score (nSPS) is 11.1. The van der Waals surface area contributed by atoms with Crippen molar-refractivity contribution in [1.82, 2.24) is 24.4 Å². The summed E-state index contributed by atoms with van der Waals surface area (Å²) in [6.45, 7) is 2.09. The highest BCUT2D eigenvalue weighted by Crippen LogP contribution is 2.28. The van der Waals surface area contributed by atoms with Crippen LogP contribution in [0.2, 0.25) is 5.02 Å². The predicted octanol–water partition coefficient (Wildman–Crippen LogP) is 4.39. The van der Waals surface area contributed by atoms with Crippen molar-refractivity contribution in [3.05, 3.63) is 94.7 Å². The molecular formula is C24H19ClFN7O. The van der Waals surface area contributed by atoms with Gasteiger partial charge < -0.3 is 11.1 Å². The van der Waals surface area contributed by atoms with Gasteiger partial charge in [0.25, 0.3) is 5.91 Å². The van der Waals surface area contributed by atoms with Crippen molar-refractivity contribution < 1.29 is 9.18 Å². The van der Waals surface area contributed by atoms with E-state index in [0.29, 0.717) is 34.0 Å². The van der Waals surface area contributed by atoms with Gasteiger partial charge in [0.1, 0.15) is 11.6 Å². The molecule has 5 rings (SSSR count). The molecule has 1 aromatic carbocycles. The Labute approximate surface area is 198 Å². The molecule has 0 fully saturated rings. The highest BCUT2D eigenvalue weighted by molar-refractivity contribution is 6.30. The van der Waals surface area contributed by atoms with Crippen LogP contribution in [-0.4, -0.2) is 30.3 Å². The third-order valence-corrected chi connectivity index (χ3v) is 5.67. The van der Waals surface area contributed by atoms with E-state index >= 15 is 0 Å². The average Bonchev–Trinajstić information content (AvgIpc) is 3.44. The molecular weight excluding hydrogens is 457 g/mol. The van der Waals surface area contributed by atoms with Crippen LogP contribution in [0.3, 0.4) is 0 Å². The predicted molar refractivity (Wildman–Crippen MR) is 128 cm³/mol. The smallest absolute Gasteiger partial charge is 0.252 e. The van der Waals surface area contributed by atoms with E-state index in [1.165, 1.54) is 12.3 Å². The Morgan fingerprint density at radius 1 is 1.18 bits per heavy atom. The summed E-state index contributed by atoms with van der Waals surface area (Å²) in [7, 11) is 0. The molecule has 0 unspecified atom stereocenters. The molecule has 0 aliphatic rings. The number of amides is 1. The van der Waals surface area contributed by atoms with Crippen LogP contribution >= 0.6 is 11.6 Å². The Morgan fingerprint density at radius 3 is 2.79 bits per heavy atom. The highest BCUT2D eigenvalue weighted by Gasteiger charge is 2.16. The van der Waals surface area contributed by atoms with Crippen molar-refractivity contribution in [3.63, 3.8) is 0 Å². The summed E-state index contributed by atoms with van der Waals surface area (Å²) in [5.74, 6) is 0.0930. The highest BCUT2D eigenvalue weighted by atomic mass is 35.5. The van der Waals surface area contributed by atoms with Crippen LogP contribution < -0.4 is 11.1 Å². The zero-order valence-corrected chi connectivity index (χ0v) is 18.8. The van der Waals surface area contributed by atoms with Gasteiger partial charge in [0.2, 0.25) is 0 Å². The van der Waals surface area contributed by atoms with Crippen LogP contribution in [0.25, 0.3) is 22.6 Å². The molecule has 0 bridgehead atoms. The van der Waals surface area contributed by atoms with E-state index < -0.39 is 11.7 Å². The van der Waals surface area contributed by atoms with Crippen molar-refractivity contribution >= 4 is 28.8 Å². The van der Waals surface area contributed by atoms with Gasteiger partial charge in [0.05, 0.1) is 28.0 Å². The van der Waals surface area contributed by atoms with E-state index in [4.69, 9.17) is 17.3 Å². The second-order valence-corrected chi connectivity index (χ2v) is 8.11. The van der Waals surface area contributed by atoms with E-state index in [1.807, 2.05) is 43.3 Å². The number of hydrogen-bond donors (Lipinski definition) is 2. The van der Waals surface area contributed by atoms with Crippen LogP contribution in [0, 0.1) is 12.7 Å². The number of rotatable bonds is 6. The molecule has 0 saturated heterocycles. The maximum absolute atomic E-state index is 14.3. The number of nitrogens with zero attached hydrogens (tertiary/aromatic N) is 5. The molecule has 34 heavy (non-hydrogen) atoms. The number of pyridine rings is 2. The number of aryl methyl sites for hydroxylation is 1. The lowest BCUT2D eigenvalue weighted by molar-refractivity contribution is 0.100. The third kappa shape index (κ3) is 3.97. The minimum atomic E-state index is -0.563. The number of benzene rings is 1. The van der Waals surface area contributed by atoms with E-state index in [9.17, 15) is 9.18 Å². The topological polar surface area (TPSA) is 103 Å². The van der Waals surface area contributed by atoms with E-state index in [1.54, 1.807) is 27.5 Å². The van der Waals surface area contributed by atoms with Crippen molar-refractivity contribution in [1.29, 1.82) is 0 Å². The average molecular weight is 476 g/mol. The van der Waals surface area contributed by atoms with Gasteiger partial charge in [-0.05, 0) is 37.3 Å². The number of anilines is 1. The van der Waals surface area contributed by atoms with Gasteiger partial charge in [0.15, 0.2) is 5.82 Å². The Hall–Kier alpha value is -4.24. The zero-order chi connectivity index (χ0) is 23.8. The molecule has 0 saturated carbocycles. The Bertz CT molecular complexity index is 1540. The van der Waals surface area contributed by atoms with Gasteiger partial charge in [-0.2, -0.15) is 5.10 Å². The standard InChI is InChI=1S/C24H19ClFN7O/c1-14-4-2-7-22(30-14)33-19(15-8-9-32-20(10-15)17(13-29-32)24(27)34)11-21(31-33)28-12-16-5-3-6-18(25)23(16)26/h2-11,13H,12H2,1H3,(H2,27,34)(H,28,31). The number of carbonyl (C=O) groups is 1. The monoisotopic (exact) mass is 475 g/mol. The SMILES string of the molecule is Cc1cccc(-n2nc(NCc3cccc(Cl)c3F)cc2-c2ccn3ncc(C(N)=O)c3c2)n1. The van der Waals surface area contributed by atoms with Crippen LogP contribution in [0.5, 0.6) is 0 Å². The second kappa shape index (κ2) is 8.60. The fourth-order valence-corrected chi connectivity index (χ4v) is 3.89. The summed E-state index contributed by atoms with van der Waals surface area (Å²) in [6, 6.07) is 16.0. The second-order valence-electron chi connectivity index (χ2n) is 7.70. The number of aromatic nitrogens is 5. The first-order valence-corrected chi connectivity index (χ1v) is 10.8. The molecule has 0 spiro atoms. The molecule has 5 aromatic rings. The number of halogens is 2. The molecule has 0 aliphatic heterocycles. The Balaban J connectivity index is 1.59. The summed E-state index contributed by atoms with van der Waals surface area (Å²) < 4.78 is 17.6. The van der Waals surface area contributed by atoms with E-state index in [0.717, 1.165) is 11.3 Å². The molecule has 3 N–H and O–H groups in total. The fourth-order valence-electron chi connectivity index (χ4n) is 3.69. The number of primary amides is 1. The van der Waals surface area contributed by atoms with Crippen LogP contribution in [-0.2, 0) is 6.54 Å². The van der Waals surface area contributed by atoms with Gasteiger partial charge in [-0.1, -0.05) is 29.8 Å². The molecule has 0 radical (unpaired) electrons. The largest absolute Gasteiger partial charge is 0.365 e. The summed E-state index contributed by atoms with van der Waals surface area (Å²) >= 11 is 5.90. The lowest BCUT2D eigenvalue weighted by atomic mass is 10.1. The fraction of sp³-hybridized carbons (Fsp3) is 0.0833. The summed E-state index contributed by atoms with van der Waals surface area (Å²) in [6.07, 6.45) is 3.18. The maximum atomic E-state index is 14.3. The van der Waals surface area contributed by atoms with Gasteiger partial charge in [-0.15, -0.1) is 5.10 Å². The van der Waals surface area contributed by atoms with Gasteiger partial charge in [-0.25, -0.2) is 18.6 Å². The first kappa shape index (κ1) is 21.6. The van der Waals surface area contributed by atoms with Crippen molar-refractivity contribution in [3.8, 4) is 17.1 Å². The zero-order valence-electron chi connectivity index (χ0n) is 18.0. The number of nitrogens with one attached hydrogen (secondary N) is 1. The first-order valence-electron chi connectivity index (χ1n) is 10.4. The molecule has 170 valence electrons. The summed E-state index contributed by atoms with van der Waals surface area (Å²) in [4.78, 5) is 16.4. The first-order chi connectivity index (χ1) is 16.4. The summed E-state index contributed by atoms with van der Waals surface area (Å²) in [5.41, 5.74) is 9.13. The number of carbonyl (C=O) groups excluding carboxylic acids is 1. The molecule has 0 atom stereocenters. The van der Waals surface area contributed by atoms with Crippen molar-refractivity contribution in [2.75, 3.05) is 5.32 Å². The minimum Gasteiger partial charge on any atom is -0.365 e. The van der Waals surface area contributed by atoms with Crippen molar-refractivity contribution in [2.24, 2.45) is 5.73 Å². The maximum Gasteiger partial charge on any atom is 0.252 e. The Kier molecular flexibility index (Phi) is 5.46. The quantitative estimate of drug-likeness (QED) is 0.379. The molecule has 0 aliphatic carbocycles. The number of nitrogens with two attached hydrogens (primary N) is 1. The lowest BCUT2D eigenvalue weighted by Gasteiger charge is -2.08. The van der Waals surface area contributed by atoms with Crippen LogP contribution in [0.15, 0.2) is 67.0 Å². The van der Waals surface area contributed by atoms with Crippen LogP contribution in [0.1, 0.15) is 21.6 Å². The molecule has 1 amide bonds. The number of fused-ring (bicyclic) bond motifs is 1.